The lowest BCUT2D eigenvalue weighted by atomic mass is 10.00. The molecule has 154 valence electrons. The first kappa shape index (κ1) is 20.6. The smallest absolute Gasteiger partial charge is 0.340 e. The molecule has 3 rings (SSSR count). The summed E-state index contributed by atoms with van der Waals surface area (Å²) in [5, 5.41) is 27.6. The van der Waals surface area contributed by atoms with Gasteiger partial charge in [0.05, 0.1) is 17.2 Å². The highest BCUT2D eigenvalue weighted by Crippen LogP contribution is 2.32. The molecule has 0 aliphatic carbocycles. The lowest BCUT2D eigenvalue weighted by Gasteiger charge is -2.17. The zero-order chi connectivity index (χ0) is 21.8. The number of amides is 2. The number of benzene rings is 2. The van der Waals surface area contributed by atoms with E-state index in [0.29, 0.717) is 5.06 Å². The van der Waals surface area contributed by atoms with Gasteiger partial charge in [0, 0.05) is 18.4 Å². The van der Waals surface area contributed by atoms with Gasteiger partial charge in [-0.25, -0.2) is 9.59 Å². The second-order valence-corrected chi connectivity index (χ2v) is 6.48. The predicted molar refractivity (Wildman–Crippen MR) is 101 cm³/mol. The molecule has 30 heavy (non-hydrogen) atoms. The van der Waals surface area contributed by atoms with Gasteiger partial charge in [0.25, 0.3) is 11.8 Å². The summed E-state index contributed by atoms with van der Waals surface area (Å²) in [6.45, 7) is 1.43. The van der Waals surface area contributed by atoms with E-state index in [1.165, 1.54) is 37.3 Å². The number of imide groups is 1. The molecule has 1 unspecified atom stereocenters. The van der Waals surface area contributed by atoms with Crippen molar-refractivity contribution in [1.29, 1.82) is 0 Å². The molecule has 1 aliphatic heterocycles. The average Bonchev–Trinajstić information content (AvgIpc) is 3.04. The predicted octanol–water partition coefficient (Wildman–Crippen LogP) is 3.22. The average molecular weight is 411 g/mol. The van der Waals surface area contributed by atoms with E-state index >= 15 is 0 Å². The second-order valence-electron chi connectivity index (χ2n) is 6.48. The Balaban J connectivity index is 1.81. The highest BCUT2D eigenvalue weighted by molar-refractivity contribution is 6.01. The Morgan fingerprint density at radius 1 is 1.07 bits per heavy atom. The highest BCUT2D eigenvalue weighted by atomic mass is 16.7. The van der Waals surface area contributed by atoms with Crippen LogP contribution in [0.5, 0.6) is 5.75 Å². The molecule has 0 bridgehead atoms. The van der Waals surface area contributed by atoms with Crippen molar-refractivity contribution in [3.05, 3.63) is 53.6 Å². The first-order valence-corrected chi connectivity index (χ1v) is 8.92. The number of carboxylic acids is 1. The summed E-state index contributed by atoms with van der Waals surface area (Å²) in [4.78, 5) is 51.7. The molecule has 1 fully saturated rings. The first-order chi connectivity index (χ1) is 14.3. The van der Waals surface area contributed by atoms with Gasteiger partial charge < -0.3 is 15.1 Å². The van der Waals surface area contributed by atoms with Gasteiger partial charge in [-0.1, -0.05) is 12.1 Å². The summed E-state index contributed by atoms with van der Waals surface area (Å²) in [6, 6.07) is 10.1. The van der Waals surface area contributed by atoms with Crippen molar-refractivity contribution >= 4 is 35.1 Å². The second kappa shape index (κ2) is 8.52. The lowest BCUT2D eigenvalue weighted by molar-refractivity contribution is -0.198. The van der Waals surface area contributed by atoms with Crippen LogP contribution in [0.15, 0.2) is 52.7 Å². The Labute approximate surface area is 170 Å². The van der Waals surface area contributed by atoms with E-state index in [0.717, 1.165) is 0 Å². The normalized spacial score (nSPS) is 14.9. The molecule has 1 atom stereocenters. The molecule has 2 N–H and O–H groups in total. The zero-order valence-electron chi connectivity index (χ0n) is 15.8. The number of hydrogen-bond acceptors (Lipinski definition) is 8. The highest BCUT2D eigenvalue weighted by Gasteiger charge is 2.34. The molecular weight excluding hydrogens is 394 g/mol. The van der Waals surface area contributed by atoms with Crippen molar-refractivity contribution in [3.8, 4) is 5.75 Å². The van der Waals surface area contributed by atoms with Gasteiger partial charge in [0.1, 0.15) is 11.4 Å². The number of hydrogen-bond donors (Lipinski definition) is 2. The number of nitrogens with zero attached hydrogens (tertiary/aromatic N) is 3. The van der Waals surface area contributed by atoms with Gasteiger partial charge in [-0.2, -0.15) is 5.11 Å². The van der Waals surface area contributed by atoms with E-state index in [9.17, 15) is 29.4 Å². The van der Waals surface area contributed by atoms with E-state index < -0.39 is 29.7 Å². The standard InChI is InChI=1S/C20H17N3O7/c1-11(20(29)30-23-17(25)8-9-18(23)26)14-10-12(6-7-16(14)24)21-22-15-5-3-2-4-13(15)19(27)28/h2-7,10-11,24H,8-9H2,1H3,(H,27,28)/b22-21+. The Morgan fingerprint density at radius 2 is 1.73 bits per heavy atom. The van der Waals surface area contributed by atoms with E-state index in [1.54, 1.807) is 12.1 Å². The van der Waals surface area contributed by atoms with Crippen molar-refractivity contribution < 1.29 is 34.2 Å². The summed E-state index contributed by atoms with van der Waals surface area (Å²) in [6.07, 6.45) is -0.0567. The fraction of sp³-hybridized carbons (Fsp3) is 0.200. The molecule has 0 radical (unpaired) electrons. The number of aromatic hydroxyl groups is 1. The van der Waals surface area contributed by atoms with Crippen LogP contribution in [0.2, 0.25) is 0 Å². The maximum absolute atomic E-state index is 12.4. The van der Waals surface area contributed by atoms with E-state index in [-0.39, 0.29) is 41.1 Å². The SMILES string of the molecule is CC(C(=O)ON1C(=O)CCC1=O)c1cc(/N=N/c2ccccc2C(=O)O)ccc1O. The van der Waals surface area contributed by atoms with Crippen LogP contribution in [0.3, 0.4) is 0 Å². The summed E-state index contributed by atoms with van der Waals surface area (Å²) in [5.74, 6) is -4.51. The minimum Gasteiger partial charge on any atom is -0.508 e. The maximum atomic E-state index is 12.4. The van der Waals surface area contributed by atoms with Crippen LogP contribution in [0.25, 0.3) is 0 Å². The van der Waals surface area contributed by atoms with Gasteiger partial charge >= 0.3 is 11.9 Å². The van der Waals surface area contributed by atoms with Crippen molar-refractivity contribution in [2.45, 2.75) is 25.7 Å². The van der Waals surface area contributed by atoms with Gasteiger partial charge in [-0.05, 0) is 37.3 Å². The van der Waals surface area contributed by atoms with Crippen LogP contribution in [0.4, 0.5) is 11.4 Å². The van der Waals surface area contributed by atoms with Crippen molar-refractivity contribution in [1.82, 2.24) is 5.06 Å². The number of azo groups is 1. The van der Waals surface area contributed by atoms with Gasteiger partial charge in [-0.15, -0.1) is 10.2 Å². The minimum atomic E-state index is -1.15. The topological polar surface area (TPSA) is 146 Å². The number of carboxylic acid groups (broad SMARTS) is 1. The summed E-state index contributed by atoms with van der Waals surface area (Å²) in [7, 11) is 0. The molecule has 2 aromatic carbocycles. The number of carbonyl (C=O) groups excluding carboxylic acids is 3. The Kier molecular flexibility index (Phi) is 5.86. The van der Waals surface area contributed by atoms with Crippen LogP contribution in [-0.4, -0.2) is 39.0 Å². The van der Waals surface area contributed by atoms with Crippen LogP contribution in [0, 0.1) is 0 Å². The fourth-order valence-electron chi connectivity index (χ4n) is 2.76. The number of rotatable bonds is 6. The largest absolute Gasteiger partial charge is 0.508 e. The molecule has 0 aromatic heterocycles. The third-order valence-corrected chi connectivity index (χ3v) is 4.43. The quantitative estimate of drug-likeness (QED) is 0.548. The molecule has 10 nitrogen and oxygen atoms in total. The van der Waals surface area contributed by atoms with Crippen molar-refractivity contribution in [2.75, 3.05) is 0 Å². The molecule has 2 amide bonds. The van der Waals surface area contributed by atoms with Crippen LogP contribution in [0.1, 0.15) is 41.6 Å². The Bertz CT molecular complexity index is 1050. The Morgan fingerprint density at radius 3 is 2.40 bits per heavy atom. The minimum absolute atomic E-state index is 0.0283. The number of hydroxylamine groups is 2. The van der Waals surface area contributed by atoms with E-state index in [4.69, 9.17) is 4.84 Å². The number of phenolic OH excluding ortho intramolecular Hbond substituents is 1. The third-order valence-electron chi connectivity index (χ3n) is 4.43. The maximum Gasteiger partial charge on any atom is 0.340 e. The monoisotopic (exact) mass is 411 g/mol. The molecule has 1 saturated heterocycles. The molecule has 1 aliphatic rings. The van der Waals surface area contributed by atoms with Gasteiger partial charge in [0.15, 0.2) is 0 Å². The van der Waals surface area contributed by atoms with Crippen LogP contribution >= 0.6 is 0 Å². The van der Waals surface area contributed by atoms with Crippen molar-refractivity contribution in [3.63, 3.8) is 0 Å². The fourth-order valence-corrected chi connectivity index (χ4v) is 2.76. The lowest BCUT2D eigenvalue weighted by Crippen LogP contribution is -2.33. The van der Waals surface area contributed by atoms with Crippen LogP contribution < -0.4 is 0 Å². The number of aromatic carboxylic acids is 1. The number of phenols is 1. The van der Waals surface area contributed by atoms with Crippen molar-refractivity contribution in [2.24, 2.45) is 10.2 Å². The number of carbonyl (C=O) groups is 4. The molecule has 2 aromatic rings. The third kappa shape index (κ3) is 4.32. The molecule has 0 saturated carbocycles. The summed E-state index contributed by atoms with van der Waals surface area (Å²) in [5.41, 5.74) is 0.494. The summed E-state index contributed by atoms with van der Waals surface area (Å²) < 4.78 is 0. The van der Waals surface area contributed by atoms with Crippen LogP contribution in [-0.2, 0) is 19.2 Å². The summed E-state index contributed by atoms with van der Waals surface area (Å²) >= 11 is 0. The van der Waals surface area contributed by atoms with E-state index in [2.05, 4.69) is 10.2 Å². The van der Waals surface area contributed by atoms with E-state index in [1.807, 2.05) is 0 Å². The molecular formula is C20H17N3O7. The molecule has 1 heterocycles. The zero-order valence-corrected chi connectivity index (χ0v) is 15.8. The molecule has 0 spiro atoms. The molecule has 10 heteroatoms. The van der Waals surface area contributed by atoms with Gasteiger partial charge in [0.2, 0.25) is 0 Å². The first-order valence-electron chi connectivity index (χ1n) is 8.92. The Hall–Kier alpha value is -4.08. The van der Waals surface area contributed by atoms with Gasteiger partial charge in [-0.3, -0.25) is 9.59 Å².